The number of aryl methyl sites for hydroxylation is 1. The summed E-state index contributed by atoms with van der Waals surface area (Å²) in [6, 6.07) is 2.30. The molecule has 2 rings (SSSR count). The average molecular weight is 248 g/mol. The molecule has 0 unspecified atom stereocenters. The molecule has 0 fully saturated rings. The first-order chi connectivity index (χ1) is 8.77. The van der Waals surface area contributed by atoms with E-state index in [1.807, 2.05) is 21.6 Å². The first kappa shape index (κ1) is 12.8. The van der Waals surface area contributed by atoms with Crippen molar-refractivity contribution < 1.29 is 0 Å². The Morgan fingerprint density at radius 1 is 1.33 bits per heavy atom. The molecule has 6 heteroatoms. The van der Waals surface area contributed by atoms with Crippen molar-refractivity contribution in [3.8, 4) is 0 Å². The highest BCUT2D eigenvalue weighted by Gasteiger charge is 2.06. The van der Waals surface area contributed by atoms with Crippen molar-refractivity contribution in [2.45, 2.75) is 39.4 Å². The third kappa shape index (κ3) is 3.40. The molecule has 0 bridgehead atoms. The van der Waals surface area contributed by atoms with E-state index < -0.39 is 0 Å². The molecule has 0 atom stereocenters. The molecule has 0 aliphatic heterocycles. The highest BCUT2D eigenvalue weighted by Crippen LogP contribution is 2.04. The summed E-state index contributed by atoms with van der Waals surface area (Å²) in [5, 5.41) is 11.8. The zero-order chi connectivity index (χ0) is 12.8. The molecule has 6 nitrogen and oxygen atoms in total. The van der Waals surface area contributed by atoms with Gasteiger partial charge in [0.1, 0.15) is 12.2 Å². The van der Waals surface area contributed by atoms with Crippen LogP contribution in [-0.4, -0.2) is 31.1 Å². The van der Waals surface area contributed by atoms with Gasteiger partial charge >= 0.3 is 0 Å². The summed E-state index contributed by atoms with van der Waals surface area (Å²) >= 11 is 0. The molecule has 0 aliphatic carbocycles. The molecule has 0 saturated carbocycles. The van der Waals surface area contributed by atoms with Crippen LogP contribution in [0.15, 0.2) is 24.8 Å². The van der Waals surface area contributed by atoms with Gasteiger partial charge in [0.05, 0.1) is 6.54 Å². The van der Waals surface area contributed by atoms with E-state index in [0.717, 1.165) is 31.9 Å². The lowest BCUT2D eigenvalue weighted by Crippen LogP contribution is -2.20. The molecule has 0 saturated heterocycles. The van der Waals surface area contributed by atoms with Gasteiger partial charge in [-0.05, 0) is 32.9 Å². The second kappa shape index (κ2) is 6.30. The molecule has 1 N–H and O–H groups in total. The van der Waals surface area contributed by atoms with Gasteiger partial charge in [-0.3, -0.25) is 4.68 Å². The van der Waals surface area contributed by atoms with Crippen molar-refractivity contribution in [2.24, 2.45) is 0 Å². The number of rotatable bonds is 7. The highest BCUT2D eigenvalue weighted by atomic mass is 15.4. The molecule has 0 aliphatic rings. The van der Waals surface area contributed by atoms with E-state index in [1.165, 1.54) is 0 Å². The molecular formula is C12H20N6. The largest absolute Gasteiger partial charge is 0.310 e. The predicted molar refractivity (Wildman–Crippen MR) is 69.0 cm³/mol. The fourth-order valence-corrected chi connectivity index (χ4v) is 1.83. The summed E-state index contributed by atoms with van der Waals surface area (Å²) in [4.78, 5) is 4.26. The summed E-state index contributed by atoms with van der Waals surface area (Å²) in [7, 11) is 0. The van der Waals surface area contributed by atoms with Crippen LogP contribution in [0.25, 0.3) is 0 Å². The van der Waals surface area contributed by atoms with Gasteiger partial charge < -0.3 is 5.32 Å². The second-order valence-electron chi connectivity index (χ2n) is 4.51. The van der Waals surface area contributed by atoms with Crippen LogP contribution < -0.4 is 5.32 Å². The fourth-order valence-electron chi connectivity index (χ4n) is 1.83. The van der Waals surface area contributed by atoms with Crippen LogP contribution in [0, 0.1) is 0 Å². The number of nitrogens with zero attached hydrogens (tertiary/aromatic N) is 5. The lowest BCUT2D eigenvalue weighted by molar-refractivity contribution is 0.481. The van der Waals surface area contributed by atoms with E-state index >= 15 is 0 Å². The van der Waals surface area contributed by atoms with Gasteiger partial charge in [0.25, 0.3) is 0 Å². The number of nitrogens with one attached hydrogen (secondary N) is 1. The minimum atomic E-state index is 0.355. The Morgan fingerprint density at radius 2 is 2.22 bits per heavy atom. The molecule has 2 aromatic rings. The van der Waals surface area contributed by atoms with Gasteiger partial charge in [0.15, 0.2) is 0 Å². The summed E-state index contributed by atoms with van der Waals surface area (Å²) in [6.45, 7) is 6.87. The van der Waals surface area contributed by atoms with E-state index in [0.29, 0.717) is 6.04 Å². The van der Waals surface area contributed by atoms with Crippen LogP contribution in [0.5, 0.6) is 0 Å². The zero-order valence-electron chi connectivity index (χ0n) is 11.0. The molecule has 2 heterocycles. The Labute approximate surface area is 107 Å². The van der Waals surface area contributed by atoms with Gasteiger partial charge in [-0.25, -0.2) is 9.67 Å². The van der Waals surface area contributed by atoms with Crippen LogP contribution in [-0.2, 0) is 13.1 Å². The maximum absolute atomic E-state index is 4.26. The quantitative estimate of drug-likeness (QED) is 0.749. The van der Waals surface area contributed by atoms with Gasteiger partial charge in [-0.15, -0.1) is 0 Å². The van der Waals surface area contributed by atoms with Gasteiger partial charge in [-0.2, -0.15) is 10.2 Å². The lowest BCUT2D eigenvalue weighted by Gasteiger charge is -2.10. The molecule has 0 amide bonds. The van der Waals surface area contributed by atoms with Crippen molar-refractivity contribution in [1.29, 1.82) is 0 Å². The van der Waals surface area contributed by atoms with Crippen LogP contribution >= 0.6 is 0 Å². The van der Waals surface area contributed by atoms with Crippen LogP contribution in [0.1, 0.15) is 32.1 Å². The van der Waals surface area contributed by atoms with Gasteiger partial charge in [-0.1, -0.05) is 0 Å². The monoisotopic (exact) mass is 248 g/mol. The maximum Gasteiger partial charge on any atom is 0.141 e. The summed E-state index contributed by atoms with van der Waals surface area (Å²) in [5.74, 6) is 0.990. The molecule has 0 aromatic carbocycles. The average Bonchev–Trinajstić information content (AvgIpc) is 2.98. The number of hydrogen-bond acceptors (Lipinski definition) is 4. The topological polar surface area (TPSA) is 60.6 Å². The van der Waals surface area contributed by atoms with Crippen LogP contribution in [0.3, 0.4) is 0 Å². The van der Waals surface area contributed by atoms with E-state index in [2.05, 4.69) is 34.3 Å². The van der Waals surface area contributed by atoms with Gasteiger partial charge in [0.2, 0.25) is 0 Å². The number of aromatic nitrogens is 5. The first-order valence-electron chi connectivity index (χ1n) is 6.34. The number of hydrogen-bond donors (Lipinski definition) is 1. The standard InChI is InChI=1S/C12H20N6/c1-11(2)18-12(14-10-16-18)9-13-5-3-7-17-8-4-6-15-17/h4,6,8,10-11,13H,3,5,7,9H2,1-2H3. The minimum absolute atomic E-state index is 0.355. The summed E-state index contributed by atoms with van der Waals surface area (Å²) in [6.07, 6.45) is 6.45. The first-order valence-corrected chi connectivity index (χ1v) is 6.34. The van der Waals surface area contributed by atoms with Crippen LogP contribution in [0.4, 0.5) is 0 Å². The molecular weight excluding hydrogens is 228 g/mol. The minimum Gasteiger partial charge on any atom is -0.310 e. The van der Waals surface area contributed by atoms with Crippen molar-refractivity contribution in [1.82, 2.24) is 29.9 Å². The summed E-state index contributed by atoms with van der Waals surface area (Å²) < 4.78 is 3.89. The van der Waals surface area contributed by atoms with Crippen LogP contribution in [0.2, 0.25) is 0 Å². The van der Waals surface area contributed by atoms with Crippen molar-refractivity contribution in [2.75, 3.05) is 6.54 Å². The smallest absolute Gasteiger partial charge is 0.141 e. The third-order valence-electron chi connectivity index (χ3n) is 2.72. The highest BCUT2D eigenvalue weighted by molar-refractivity contribution is 4.85. The van der Waals surface area contributed by atoms with E-state index in [-0.39, 0.29) is 0 Å². The maximum atomic E-state index is 4.26. The Balaban J connectivity index is 1.67. The predicted octanol–water partition coefficient (Wildman–Crippen LogP) is 1.24. The Hall–Kier alpha value is -1.69. The Bertz CT molecular complexity index is 445. The normalized spacial score (nSPS) is 11.3. The molecule has 0 radical (unpaired) electrons. The second-order valence-corrected chi connectivity index (χ2v) is 4.51. The van der Waals surface area contributed by atoms with Crippen molar-refractivity contribution in [3.05, 3.63) is 30.6 Å². The summed E-state index contributed by atoms with van der Waals surface area (Å²) in [5.41, 5.74) is 0. The SMILES string of the molecule is CC(C)n1ncnc1CNCCCn1cccn1. The van der Waals surface area contributed by atoms with E-state index in [1.54, 1.807) is 12.5 Å². The van der Waals surface area contributed by atoms with Crippen molar-refractivity contribution in [3.63, 3.8) is 0 Å². The Morgan fingerprint density at radius 3 is 2.94 bits per heavy atom. The molecule has 2 aromatic heterocycles. The van der Waals surface area contributed by atoms with Gasteiger partial charge in [0, 0.05) is 25.0 Å². The third-order valence-corrected chi connectivity index (χ3v) is 2.72. The Kier molecular flexibility index (Phi) is 4.46. The molecule has 98 valence electrons. The van der Waals surface area contributed by atoms with E-state index in [4.69, 9.17) is 0 Å². The van der Waals surface area contributed by atoms with Crippen molar-refractivity contribution >= 4 is 0 Å². The lowest BCUT2D eigenvalue weighted by atomic mass is 10.4. The fraction of sp³-hybridized carbons (Fsp3) is 0.583. The molecule has 0 spiro atoms. The zero-order valence-corrected chi connectivity index (χ0v) is 11.0. The molecule has 18 heavy (non-hydrogen) atoms. The van der Waals surface area contributed by atoms with E-state index in [9.17, 15) is 0 Å².